The molecule has 27 heavy (non-hydrogen) atoms. The molecule has 0 aliphatic carbocycles. The van der Waals surface area contributed by atoms with Crippen LogP contribution in [0.5, 0.6) is 0 Å². The van der Waals surface area contributed by atoms with E-state index in [1.165, 1.54) is 0 Å². The number of aromatic nitrogens is 2. The van der Waals surface area contributed by atoms with Crippen LogP contribution in [0.15, 0.2) is 9.21 Å². The van der Waals surface area contributed by atoms with E-state index in [1.807, 2.05) is 20.8 Å². The number of amides is 3. The van der Waals surface area contributed by atoms with Gasteiger partial charge in [0.25, 0.3) is 0 Å². The standard InChI is InChI=1S/C12H17Br2N3O2.C4H4BrNO2/c1-12(2,3)19-11(18)17-6-4-5-7(17)10-15-8(13)9(14)16-10;5-6-3(7)1-2-4(6)8/h7H,4-6H2,1-3H3,(H,15,16);1-2H2. The zero-order valence-corrected chi connectivity index (χ0v) is 20.0. The summed E-state index contributed by atoms with van der Waals surface area (Å²) in [5.41, 5.74) is -0.478. The first-order valence-corrected chi connectivity index (χ1v) is 10.7. The number of hydrogen-bond acceptors (Lipinski definition) is 5. The lowest BCUT2D eigenvalue weighted by Crippen LogP contribution is -2.36. The van der Waals surface area contributed by atoms with Gasteiger partial charge in [0.15, 0.2) is 0 Å². The molecule has 3 amide bonds. The Morgan fingerprint density at radius 1 is 1.22 bits per heavy atom. The lowest BCUT2D eigenvalue weighted by atomic mass is 10.2. The molecule has 150 valence electrons. The Kier molecular flexibility index (Phi) is 7.48. The number of aromatic amines is 1. The van der Waals surface area contributed by atoms with Gasteiger partial charge in [0.05, 0.1) is 22.2 Å². The highest BCUT2D eigenvalue weighted by Gasteiger charge is 2.35. The van der Waals surface area contributed by atoms with E-state index in [0.29, 0.717) is 19.4 Å². The van der Waals surface area contributed by atoms with Gasteiger partial charge in [-0.1, -0.05) is 0 Å². The molecule has 11 heteroatoms. The lowest BCUT2D eigenvalue weighted by Gasteiger charge is -2.27. The van der Waals surface area contributed by atoms with Crippen molar-refractivity contribution in [3.05, 3.63) is 15.0 Å². The third-order valence-corrected chi connectivity index (χ3v) is 6.30. The molecule has 3 rings (SSSR count). The monoisotopic (exact) mass is 570 g/mol. The highest BCUT2D eigenvalue weighted by Crippen LogP contribution is 2.34. The number of hydrogen-bond donors (Lipinski definition) is 1. The molecular weight excluding hydrogens is 552 g/mol. The fraction of sp³-hybridized carbons (Fsp3) is 0.625. The SMILES string of the molecule is CC(C)(C)OC(=O)N1CCCC1c1nc(Br)c(Br)[nH]1.O=C1CCC(=O)N1Br. The summed E-state index contributed by atoms with van der Waals surface area (Å²) in [6, 6.07) is -0.0440. The summed E-state index contributed by atoms with van der Waals surface area (Å²) < 4.78 is 7.92. The highest BCUT2D eigenvalue weighted by atomic mass is 79.9. The van der Waals surface area contributed by atoms with Crippen molar-refractivity contribution in [3.63, 3.8) is 0 Å². The van der Waals surface area contributed by atoms with Crippen molar-refractivity contribution in [2.45, 2.75) is 58.1 Å². The molecule has 3 heterocycles. The Morgan fingerprint density at radius 3 is 2.22 bits per heavy atom. The Bertz CT molecular complexity index is 696. The van der Waals surface area contributed by atoms with Gasteiger partial charge in [-0.05, 0) is 65.5 Å². The number of likely N-dealkylation sites (tertiary alicyclic amines) is 1. The van der Waals surface area contributed by atoms with Crippen LogP contribution in [-0.2, 0) is 14.3 Å². The van der Waals surface area contributed by atoms with Crippen LogP contribution in [0.3, 0.4) is 0 Å². The van der Waals surface area contributed by atoms with Crippen LogP contribution in [0.25, 0.3) is 0 Å². The molecule has 2 aliphatic rings. The van der Waals surface area contributed by atoms with Crippen molar-refractivity contribution in [1.82, 2.24) is 18.8 Å². The van der Waals surface area contributed by atoms with E-state index in [-0.39, 0.29) is 23.9 Å². The molecule has 2 aliphatic heterocycles. The first-order chi connectivity index (χ1) is 12.5. The minimum Gasteiger partial charge on any atom is -0.444 e. The maximum absolute atomic E-state index is 12.2. The largest absolute Gasteiger partial charge is 0.444 e. The van der Waals surface area contributed by atoms with Crippen LogP contribution in [0.4, 0.5) is 4.79 Å². The molecule has 1 N–H and O–H groups in total. The smallest absolute Gasteiger partial charge is 0.410 e. The second-order valence-electron chi connectivity index (χ2n) is 7.13. The third-order valence-electron chi connectivity index (χ3n) is 3.82. The predicted molar refractivity (Wildman–Crippen MR) is 109 cm³/mol. The van der Waals surface area contributed by atoms with Crippen molar-refractivity contribution >= 4 is 65.9 Å². The van der Waals surface area contributed by atoms with Crippen LogP contribution in [-0.4, -0.2) is 48.8 Å². The van der Waals surface area contributed by atoms with Crippen LogP contribution in [0, 0.1) is 0 Å². The lowest BCUT2D eigenvalue weighted by molar-refractivity contribution is -0.131. The summed E-state index contributed by atoms with van der Waals surface area (Å²) in [4.78, 5) is 42.3. The van der Waals surface area contributed by atoms with Gasteiger partial charge in [0.1, 0.15) is 20.6 Å². The normalized spacial score (nSPS) is 20.0. The summed E-state index contributed by atoms with van der Waals surface area (Å²) in [6.45, 7) is 6.32. The molecule has 1 atom stereocenters. The van der Waals surface area contributed by atoms with Gasteiger partial charge in [0, 0.05) is 19.4 Å². The predicted octanol–water partition coefficient (Wildman–Crippen LogP) is 4.45. The molecule has 2 saturated heterocycles. The fourth-order valence-corrected chi connectivity index (χ4v) is 3.58. The minimum atomic E-state index is -0.478. The number of halogens is 3. The van der Waals surface area contributed by atoms with Crippen molar-refractivity contribution in [3.8, 4) is 0 Å². The van der Waals surface area contributed by atoms with E-state index in [0.717, 1.165) is 31.8 Å². The second kappa shape index (κ2) is 9.04. The third kappa shape index (κ3) is 6.02. The molecule has 0 radical (unpaired) electrons. The van der Waals surface area contributed by atoms with Gasteiger partial charge in [-0.3, -0.25) is 14.5 Å². The van der Waals surface area contributed by atoms with Crippen molar-refractivity contribution < 1.29 is 19.1 Å². The topological polar surface area (TPSA) is 95.6 Å². The summed E-state index contributed by atoms with van der Waals surface area (Å²) >= 11 is 9.52. The quantitative estimate of drug-likeness (QED) is 0.396. The number of H-pyrrole nitrogens is 1. The van der Waals surface area contributed by atoms with Crippen molar-refractivity contribution in [2.24, 2.45) is 0 Å². The number of nitrogens with zero attached hydrogens (tertiary/aromatic N) is 3. The summed E-state index contributed by atoms with van der Waals surface area (Å²) in [7, 11) is 0. The molecule has 0 saturated carbocycles. The zero-order valence-electron chi connectivity index (χ0n) is 15.2. The number of carbonyl (C=O) groups is 3. The highest BCUT2D eigenvalue weighted by molar-refractivity contribution is 9.13. The number of imidazole rings is 1. The van der Waals surface area contributed by atoms with E-state index in [4.69, 9.17) is 4.74 Å². The molecular formula is C16H21Br3N4O4. The van der Waals surface area contributed by atoms with E-state index in [2.05, 4.69) is 58.0 Å². The van der Waals surface area contributed by atoms with E-state index >= 15 is 0 Å². The Hall–Kier alpha value is -0.940. The number of nitrogens with one attached hydrogen (secondary N) is 1. The molecule has 0 spiro atoms. The van der Waals surface area contributed by atoms with E-state index in [1.54, 1.807) is 4.90 Å². The molecule has 1 unspecified atom stereocenters. The van der Waals surface area contributed by atoms with Crippen molar-refractivity contribution in [1.29, 1.82) is 0 Å². The second-order valence-corrected chi connectivity index (χ2v) is 9.38. The first-order valence-electron chi connectivity index (χ1n) is 8.41. The van der Waals surface area contributed by atoms with Crippen molar-refractivity contribution in [2.75, 3.05) is 6.54 Å². The number of carbonyl (C=O) groups excluding carboxylic acids is 3. The van der Waals surface area contributed by atoms with Gasteiger partial charge in [-0.15, -0.1) is 0 Å². The van der Waals surface area contributed by atoms with Gasteiger partial charge in [-0.2, -0.15) is 0 Å². The van der Waals surface area contributed by atoms with Gasteiger partial charge in [0.2, 0.25) is 11.8 Å². The summed E-state index contributed by atoms with van der Waals surface area (Å²) in [5.74, 6) is 0.493. The van der Waals surface area contributed by atoms with Gasteiger partial charge < -0.3 is 9.72 Å². The Balaban J connectivity index is 0.000000273. The molecule has 8 nitrogen and oxygen atoms in total. The van der Waals surface area contributed by atoms with E-state index in [9.17, 15) is 14.4 Å². The summed E-state index contributed by atoms with van der Waals surface area (Å²) in [5, 5.41) is 0. The number of rotatable bonds is 1. The molecule has 1 aromatic rings. The number of ether oxygens (including phenoxy) is 1. The van der Waals surface area contributed by atoms with Crippen LogP contribution >= 0.6 is 48.0 Å². The van der Waals surface area contributed by atoms with Crippen LogP contribution in [0.2, 0.25) is 0 Å². The van der Waals surface area contributed by atoms with Gasteiger partial charge >= 0.3 is 6.09 Å². The van der Waals surface area contributed by atoms with E-state index < -0.39 is 5.60 Å². The molecule has 1 aromatic heterocycles. The van der Waals surface area contributed by atoms with Crippen LogP contribution < -0.4 is 0 Å². The fourth-order valence-electron chi connectivity index (χ4n) is 2.64. The summed E-state index contributed by atoms with van der Waals surface area (Å²) in [6.07, 6.45) is 2.28. The van der Waals surface area contributed by atoms with Crippen LogP contribution in [0.1, 0.15) is 58.3 Å². The zero-order chi connectivity index (χ0) is 20.4. The molecule has 0 bridgehead atoms. The maximum atomic E-state index is 12.2. The minimum absolute atomic E-state index is 0.0440. The average Bonchev–Trinajstić information content (AvgIpc) is 3.24. The van der Waals surface area contributed by atoms with Gasteiger partial charge in [-0.25, -0.2) is 13.7 Å². The average molecular weight is 573 g/mol. The first kappa shape index (κ1) is 22.4. The molecule has 2 fully saturated rings. The number of imide groups is 1. The maximum Gasteiger partial charge on any atom is 0.410 e. The Labute approximate surface area is 183 Å². The molecule has 0 aromatic carbocycles. The Morgan fingerprint density at radius 2 is 1.81 bits per heavy atom.